The minimum Gasteiger partial charge on any atom is -0.476 e. The minimum absolute atomic E-state index is 0.0981. The van der Waals surface area contributed by atoms with Gasteiger partial charge in [0.15, 0.2) is 12.4 Å². The van der Waals surface area contributed by atoms with Gasteiger partial charge in [-0.1, -0.05) is 48.0 Å². The van der Waals surface area contributed by atoms with E-state index in [1.807, 2.05) is 13.0 Å². The number of ether oxygens (including phenoxy) is 2. The molecule has 178 valence electrons. The summed E-state index contributed by atoms with van der Waals surface area (Å²) in [5.74, 6) is -0.901. The number of hydrogen-bond donors (Lipinski definition) is 1. The lowest BCUT2D eigenvalue weighted by Crippen LogP contribution is -2.23. The van der Waals surface area contributed by atoms with Gasteiger partial charge in [-0.2, -0.15) is 0 Å². The molecule has 0 radical (unpaired) electrons. The molecule has 0 bridgehead atoms. The van der Waals surface area contributed by atoms with Gasteiger partial charge in [0.25, 0.3) is 5.91 Å². The highest BCUT2D eigenvalue weighted by molar-refractivity contribution is 6.32. The van der Waals surface area contributed by atoms with Crippen molar-refractivity contribution in [2.24, 2.45) is 0 Å². The molecule has 3 aromatic carbocycles. The maximum Gasteiger partial charge on any atom is 0.338 e. The molecule has 1 heterocycles. The van der Waals surface area contributed by atoms with E-state index in [2.05, 4.69) is 5.32 Å². The first-order valence-corrected chi connectivity index (χ1v) is 11.3. The average molecular weight is 492 g/mol. The summed E-state index contributed by atoms with van der Waals surface area (Å²) in [5.41, 5.74) is 2.00. The molecular formula is C27H22ClNO6. The molecule has 1 amide bonds. The van der Waals surface area contributed by atoms with Gasteiger partial charge in [-0.15, -0.1) is 0 Å². The molecule has 0 spiro atoms. The Bertz CT molecular complexity index is 1460. The highest BCUT2D eigenvalue weighted by Crippen LogP contribution is 2.32. The van der Waals surface area contributed by atoms with E-state index in [1.165, 1.54) is 12.1 Å². The van der Waals surface area contributed by atoms with Crippen molar-refractivity contribution in [2.45, 2.75) is 13.8 Å². The van der Waals surface area contributed by atoms with Crippen molar-refractivity contribution in [1.82, 2.24) is 0 Å². The molecular weight excluding hydrogens is 470 g/mol. The van der Waals surface area contributed by atoms with Crippen LogP contribution in [0, 0.1) is 6.92 Å². The number of carbonyl (C=O) groups is 2. The summed E-state index contributed by atoms with van der Waals surface area (Å²) in [4.78, 5) is 37.9. The molecule has 0 aliphatic rings. The number of fused-ring (bicyclic) bond motifs is 1. The summed E-state index contributed by atoms with van der Waals surface area (Å²) in [5, 5.41) is 3.32. The monoisotopic (exact) mass is 491 g/mol. The van der Waals surface area contributed by atoms with E-state index in [9.17, 15) is 14.4 Å². The SMILES string of the molecule is CCOC(=O)c1cccc(NC(=O)COc2c(-c3ccccc3)oc3cc(C)c(Cl)cc3c2=O)c1. The van der Waals surface area contributed by atoms with Crippen molar-refractivity contribution in [3.8, 4) is 17.1 Å². The number of anilines is 1. The van der Waals surface area contributed by atoms with Crippen molar-refractivity contribution in [3.63, 3.8) is 0 Å². The molecule has 0 atom stereocenters. The van der Waals surface area contributed by atoms with E-state index >= 15 is 0 Å². The topological polar surface area (TPSA) is 94.8 Å². The second kappa shape index (κ2) is 10.4. The smallest absolute Gasteiger partial charge is 0.338 e. The Morgan fingerprint density at radius 2 is 1.80 bits per heavy atom. The van der Waals surface area contributed by atoms with Crippen molar-refractivity contribution >= 4 is 40.1 Å². The summed E-state index contributed by atoms with van der Waals surface area (Å²) in [7, 11) is 0. The second-order valence-electron chi connectivity index (χ2n) is 7.69. The van der Waals surface area contributed by atoms with Crippen LogP contribution < -0.4 is 15.5 Å². The van der Waals surface area contributed by atoms with Gasteiger partial charge in [0.05, 0.1) is 17.6 Å². The van der Waals surface area contributed by atoms with Crippen molar-refractivity contribution < 1.29 is 23.5 Å². The first-order valence-electron chi connectivity index (χ1n) is 10.9. The number of nitrogens with one attached hydrogen (secondary N) is 1. The van der Waals surface area contributed by atoms with Crippen LogP contribution >= 0.6 is 11.6 Å². The number of amides is 1. The zero-order chi connectivity index (χ0) is 24.9. The lowest BCUT2D eigenvalue weighted by Gasteiger charge is -2.13. The number of aryl methyl sites for hydroxylation is 1. The zero-order valence-electron chi connectivity index (χ0n) is 19.1. The van der Waals surface area contributed by atoms with E-state index in [1.54, 1.807) is 55.5 Å². The van der Waals surface area contributed by atoms with Crippen LogP contribution in [0.2, 0.25) is 5.02 Å². The van der Waals surface area contributed by atoms with E-state index in [-0.39, 0.29) is 23.5 Å². The van der Waals surface area contributed by atoms with Crippen LogP contribution in [0.3, 0.4) is 0 Å². The number of esters is 1. The Kier molecular flexibility index (Phi) is 7.17. The standard InChI is InChI=1S/C27H22ClNO6/c1-3-33-27(32)18-10-7-11-19(13-18)29-23(30)15-34-26-24(31)20-14-21(28)16(2)12-22(20)35-25(26)17-8-5-4-6-9-17/h4-14H,3,15H2,1-2H3,(H,29,30). The van der Waals surface area contributed by atoms with E-state index in [4.69, 9.17) is 25.5 Å². The molecule has 0 fully saturated rings. The van der Waals surface area contributed by atoms with Gasteiger partial charge in [0, 0.05) is 16.3 Å². The summed E-state index contributed by atoms with van der Waals surface area (Å²) < 4.78 is 16.7. The number of halogens is 1. The molecule has 0 aliphatic heterocycles. The fourth-order valence-electron chi connectivity index (χ4n) is 3.48. The molecule has 1 N–H and O–H groups in total. The predicted octanol–water partition coefficient (Wildman–Crippen LogP) is 5.62. The number of rotatable bonds is 7. The van der Waals surface area contributed by atoms with Crippen LogP contribution in [-0.4, -0.2) is 25.1 Å². The summed E-state index contributed by atoms with van der Waals surface area (Å²) >= 11 is 6.22. The molecule has 0 unspecified atom stereocenters. The average Bonchev–Trinajstić information content (AvgIpc) is 2.85. The molecule has 35 heavy (non-hydrogen) atoms. The molecule has 0 saturated carbocycles. The third-order valence-corrected chi connectivity index (χ3v) is 5.58. The van der Waals surface area contributed by atoms with Crippen LogP contribution in [0.4, 0.5) is 5.69 Å². The molecule has 4 aromatic rings. The number of hydrogen-bond acceptors (Lipinski definition) is 6. The largest absolute Gasteiger partial charge is 0.476 e. The molecule has 0 aliphatic carbocycles. The van der Waals surface area contributed by atoms with Crippen molar-refractivity contribution in [2.75, 3.05) is 18.5 Å². The lowest BCUT2D eigenvalue weighted by molar-refractivity contribution is -0.118. The van der Waals surface area contributed by atoms with Gasteiger partial charge in [-0.3, -0.25) is 9.59 Å². The molecule has 0 saturated heterocycles. The molecule has 8 heteroatoms. The molecule has 4 rings (SSSR count). The van der Waals surface area contributed by atoms with Crippen molar-refractivity contribution in [3.05, 3.63) is 93.1 Å². The molecule has 1 aromatic heterocycles. The Morgan fingerprint density at radius 3 is 2.54 bits per heavy atom. The van der Waals surface area contributed by atoms with Gasteiger partial charge in [-0.05, 0) is 49.7 Å². The Hall–Kier alpha value is -4.10. The van der Waals surface area contributed by atoms with Gasteiger partial charge in [-0.25, -0.2) is 4.79 Å². The van der Waals surface area contributed by atoms with Crippen LogP contribution in [0.25, 0.3) is 22.3 Å². The van der Waals surface area contributed by atoms with Crippen LogP contribution in [-0.2, 0) is 9.53 Å². The van der Waals surface area contributed by atoms with E-state index in [0.29, 0.717) is 27.4 Å². The van der Waals surface area contributed by atoms with Crippen LogP contribution in [0.15, 0.2) is 75.9 Å². The highest BCUT2D eigenvalue weighted by atomic mass is 35.5. The maximum absolute atomic E-state index is 13.3. The third-order valence-electron chi connectivity index (χ3n) is 5.17. The molecule has 7 nitrogen and oxygen atoms in total. The summed E-state index contributed by atoms with van der Waals surface area (Å²) in [6.45, 7) is 3.31. The summed E-state index contributed by atoms with van der Waals surface area (Å²) in [6, 6.07) is 18.6. The zero-order valence-corrected chi connectivity index (χ0v) is 19.8. The Labute approximate surface area is 206 Å². The second-order valence-corrected chi connectivity index (χ2v) is 8.10. The predicted molar refractivity (Wildman–Crippen MR) is 134 cm³/mol. The highest BCUT2D eigenvalue weighted by Gasteiger charge is 2.20. The quantitative estimate of drug-likeness (QED) is 0.337. The normalized spacial score (nSPS) is 10.7. The van der Waals surface area contributed by atoms with Gasteiger partial charge in [0.2, 0.25) is 11.2 Å². The minimum atomic E-state index is -0.522. The van der Waals surface area contributed by atoms with E-state index in [0.717, 1.165) is 5.56 Å². The maximum atomic E-state index is 13.3. The van der Waals surface area contributed by atoms with Crippen LogP contribution in [0.1, 0.15) is 22.8 Å². The number of benzene rings is 3. The number of carbonyl (C=O) groups excluding carboxylic acids is 2. The Balaban J connectivity index is 1.62. The van der Waals surface area contributed by atoms with Crippen molar-refractivity contribution in [1.29, 1.82) is 0 Å². The fourth-order valence-corrected chi connectivity index (χ4v) is 3.65. The van der Waals surface area contributed by atoms with Gasteiger partial charge >= 0.3 is 5.97 Å². The lowest BCUT2D eigenvalue weighted by atomic mass is 10.1. The third kappa shape index (κ3) is 5.36. The fraction of sp³-hybridized carbons (Fsp3) is 0.148. The summed E-state index contributed by atoms with van der Waals surface area (Å²) in [6.07, 6.45) is 0. The van der Waals surface area contributed by atoms with Crippen LogP contribution in [0.5, 0.6) is 5.75 Å². The van der Waals surface area contributed by atoms with E-state index < -0.39 is 23.9 Å². The first kappa shape index (κ1) is 24.0. The van der Waals surface area contributed by atoms with Gasteiger partial charge in [0.1, 0.15) is 5.58 Å². The first-order chi connectivity index (χ1) is 16.9. The van der Waals surface area contributed by atoms with Gasteiger partial charge < -0.3 is 19.2 Å². The Morgan fingerprint density at radius 1 is 1.03 bits per heavy atom.